The summed E-state index contributed by atoms with van der Waals surface area (Å²) in [6.07, 6.45) is 0.442. The van der Waals surface area contributed by atoms with Crippen molar-refractivity contribution >= 4 is 23.4 Å². The number of aromatic nitrogens is 3. The quantitative estimate of drug-likeness (QED) is 0.714. The monoisotopic (exact) mass is 324 g/mol. The molecule has 1 atom stereocenters. The van der Waals surface area contributed by atoms with E-state index in [4.69, 9.17) is 0 Å². The highest BCUT2D eigenvalue weighted by molar-refractivity contribution is 8.00. The van der Waals surface area contributed by atoms with Gasteiger partial charge in [-0.3, -0.25) is 14.6 Å². The van der Waals surface area contributed by atoms with Gasteiger partial charge < -0.3 is 5.32 Å². The number of hydrogen-bond acceptors (Lipinski definition) is 5. The molecule has 0 spiro atoms. The van der Waals surface area contributed by atoms with E-state index in [1.54, 1.807) is 6.92 Å². The molecule has 1 amide bonds. The van der Waals surface area contributed by atoms with Crippen molar-refractivity contribution in [1.82, 2.24) is 15.2 Å². The number of amides is 1. The van der Waals surface area contributed by atoms with Gasteiger partial charge >= 0.3 is 5.69 Å². The van der Waals surface area contributed by atoms with Crippen LogP contribution in [0.2, 0.25) is 0 Å². The van der Waals surface area contributed by atoms with Gasteiger partial charge in [0.25, 0.3) is 5.56 Å². The first-order valence-electron chi connectivity index (χ1n) is 6.41. The van der Waals surface area contributed by atoms with E-state index >= 15 is 0 Å². The highest BCUT2D eigenvalue weighted by Crippen LogP contribution is 2.21. The summed E-state index contributed by atoms with van der Waals surface area (Å²) >= 11 is 0.943. The first-order chi connectivity index (χ1) is 10.5. The zero-order valence-electron chi connectivity index (χ0n) is 11.6. The number of aromatic amines is 2. The number of hydrogen-bond donors (Lipinski definition) is 3. The second kappa shape index (κ2) is 7.03. The Morgan fingerprint density at radius 3 is 2.64 bits per heavy atom. The number of benzene rings is 1. The van der Waals surface area contributed by atoms with Gasteiger partial charge in [0.15, 0.2) is 5.03 Å². The summed E-state index contributed by atoms with van der Waals surface area (Å²) in [6, 6.07) is 5.35. The molecule has 22 heavy (non-hydrogen) atoms. The van der Waals surface area contributed by atoms with Crippen LogP contribution in [0.5, 0.6) is 0 Å². The van der Waals surface area contributed by atoms with Gasteiger partial charge in [-0.2, -0.15) is 5.10 Å². The Bertz CT molecular complexity index is 772. The van der Waals surface area contributed by atoms with E-state index in [9.17, 15) is 18.8 Å². The van der Waals surface area contributed by atoms with E-state index in [0.717, 1.165) is 11.8 Å². The molecule has 0 saturated carbocycles. The molecule has 0 fully saturated rings. The van der Waals surface area contributed by atoms with Crippen LogP contribution in [0.3, 0.4) is 0 Å². The molecule has 1 unspecified atom stereocenters. The summed E-state index contributed by atoms with van der Waals surface area (Å²) in [5, 5.41) is 7.78. The molecule has 0 saturated heterocycles. The van der Waals surface area contributed by atoms with Gasteiger partial charge in [0.05, 0.1) is 5.25 Å². The van der Waals surface area contributed by atoms with Gasteiger partial charge in [0.2, 0.25) is 5.91 Å². The molecule has 1 heterocycles. The van der Waals surface area contributed by atoms with Crippen molar-refractivity contribution < 1.29 is 9.18 Å². The molecule has 0 aliphatic heterocycles. The average Bonchev–Trinajstić information content (AvgIpc) is 2.49. The predicted molar refractivity (Wildman–Crippen MR) is 80.4 cm³/mol. The highest BCUT2D eigenvalue weighted by atomic mass is 32.2. The molecule has 1 aromatic carbocycles. The number of carbonyl (C=O) groups excluding carboxylic acids is 1. The lowest BCUT2D eigenvalue weighted by atomic mass is 10.2. The normalized spacial score (nSPS) is 11.9. The van der Waals surface area contributed by atoms with Crippen molar-refractivity contribution in [2.75, 3.05) is 5.32 Å². The van der Waals surface area contributed by atoms with Crippen molar-refractivity contribution in [1.29, 1.82) is 0 Å². The Labute approximate surface area is 128 Å². The second-order valence-electron chi connectivity index (χ2n) is 4.32. The molecular weight excluding hydrogens is 311 g/mol. The van der Waals surface area contributed by atoms with Crippen LogP contribution in [-0.2, 0) is 4.79 Å². The number of halogens is 1. The first kappa shape index (κ1) is 16.0. The number of nitrogens with one attached hydrogen (secondary N) is 3. The Kier molecular flexibility index (Phi) is 5.10. The van der Waals surface area contributed by atoms with Crippen LogP contribution in [0.15, 0.2) is 38.9 Å². The fourth-order valence-electron chi connectivity index (χ4n) is 1.63. The fraction of sp³-hybridized carbons (Fsp3) is 0.231. The third-order valence-corrected chi connectivity index (χ3v) is 4.04. The van der Waals surface area contributed by atoms with E-state index < -0.39 is 22.3 Å². The zero-order chi connectivity index (χ0) is 16.1. The SMILES string of the molecule is CCC(Sc1n[nH]c(=O)[nH]c1=O)C(=O)Nc1ccc(F)cc1. The van der Waals surface area contributed by atoms with E-state index in [0.29, 0.717) is 12.1 Å². The molecular formula is C13H13FN4O3S. The van der Waals surface area contributed by atoms with Crippen molar-refractivity contribution in [2.45, 2.75) is 23.6 Å². The van der Waals surface area contributed by atoms with Crippen LogP contribution >= 0.6 is 11.8 Å². The molecule has 9 heteroatoms. The minimum Gasteiger partial charge on any atom is -0.325 e. The summed E-state index contributed by atoms with van der Waals surface area (Å²) in [7, 11) is 0. The average molecular weight is 324 g/mol. The predicted octanol–water partition coefficient (Wildman–Crippen LogP) is 1.11. The topological polar surface area (TPSA) is 108 Å². The molecule has 0 radical (unpaired) electrons. The fourth-order valence-corrected chi connectivity index (χ4v) is 2.49. The second-order valence-corrected chi connectivity index (χ2v) is 5.51. The van der Waals surface area contributed by atoms with E-state index in [1.165, 1.54) is 24.3 Å². The Balaban J connectivity index is 2.10. The lowest BCUT2D eigenvalue weighted by Crippen LogP contribution is -2.29. The van der Waals surface area contributed by atoms with Gasteiger partial charge in [-0.15, -0.1) is 0 Å². The van der Waals surface area contributed by atoms with Gasteiger partial charge in [-0.1, -0.05) is 18.7 Å². The number of H-pyrrole nitrogens is 2. The Morgan fingerprint density at radius 2 is 2.05 bits per heavy atom. The van der Waals surface area contributed by atoms with E-state index in [-0.39, 0.29) is 10.9 Å². The molecule has 7 nitrogen and oxygen atoms in total. The lowest BCUT2D eigenvalue weighted by Gasteiger charge is -2.13. The Morgan fingerprint density at radius 1 is 1.36 bits per heavy atom. The number of carbonyl (C=O) groups is 1. The largest absolute Gasteiger partial charge is 0.342 e. The third kappa shape index (κ3) is 4.04. The maximum atomic E-state index is 12.8. The highest BCUT2D eigenvalue weighted by Gasteiger charge is 2.20. The van der Waals surface area contributed by atoms with Gasteiger partial charge in [0, 0.05) is 5.69 Å². The number of rotatable bonds is 5. The minimum absolute atomic E-state index is 0.000654. The summed E-state index contributed by atoms with van der Waals surface area (Å²) in [5.41, 5.74) is -0.909. The van der Waals surface area contributed by atoms with Crippen LogP contribution in [0.4, 0.5) is 10.1 Å². The van der Waals surface area contributed by atoms with Gasteiger partial charge in [0.1, 0.15) is 5.82 Å². The molecule has 0 bridgehead atoms. The standard InChI is InChI=1S/C13H13FN4O3S/c1-2-9(22-12-11(20)16-13(21)18-17-12)10(19)15-8-5-3-7(14)4-6-8/h3-6,9H,2H2,1H3,(H,15,19)(H2,16,18,20,21). The molecule has 0 aliphatic rings. The van der Waals surface area contributed by atoms with Crippen LogP contribution < -0.4 is 16.6 Å². The smallest absolute Gasteiger partial charge is 0.325 e. The maximum absolute atomic E-state index is 12.8. The zero-order valence-corrected chi connectivity index (χ0v) is 12.4. The van der Waals surface area contributed by atoms with Crippen molar-refractivity contribution in [3.63, 3.8) is 0 Å². The molecule has 3 N–H and O–H groups in total. The lowest BCUT2D eigenvalue weighted by molar-refractivity contribution is -0.115. The summed E-state index contributed by atoms with van der Waals surface area (Å²) in [6.45, 7) is 1.78. The maximum Gasteiger partial charge on any atom is 0.342 e. The van der Waals surface area contributed by atoms with Gasteiger partial charge in [-0.05, 0) is 30.7 Å². The molecule has 2 aromatic rings. The molecule has 116 valence electrons. The molecule has 2 rings (SSSR count). The van der Waals surface area contributed by atoms with E-state index in [2.05, 4.69) is 15.5 Å². The van der Waals surface area contributed by atoms with E-state index in [1.807, 2.05) is 4.98 Å². The number of anilines is 1. The summed E-state index contributed by atoms with van der Waals surface area (Å²) in [5.74, 6) is -0.741. The Hall–Kier alpha value is -2.42. The van der Waals surface area contributed by atoms with Crippen molar-refractivity contribution in [3.8, 4) is 0 Å². The van der Waals surface area contributed by atoms with Crippen LogP contribution in [0, 0.1) is 5.82 Å². The summed E-state index contributed by atoms with van der Waals surface area (Å²) in [4.78, 5) is 36.7. The number of nitrogens with zero attached hydrogens (tertiary/aromatic N) is 1. The van der Waals surface area contributed by atoms with Crippen LogP contribution in [0.25, 0.3) is 0 Å². The van der Waals surface area contributed by atoms with Gasteiger partial charge in [-0.25, -0.2) is 14.3 Å². The summed E-state index contributed by atoms with van der Waals surface area (Å²) < 4.78 is 12.8. The third-order valence-electron chi connectivity index (χ3n) is 2.71. The molecule has 1 aromatic heterocycles. The van der Waals surface area contributed by atoms with Crippen LogP contribution in [-0.4, -0.2) is 26.3 Å². The molecule has 0 aliphatic carbocycles. The van der Waals surface area contributed by atoms with Crippen LogP contribution in [0.1, 0.15) is 13.3 Å². The minimum atomic E-state index is -0.710. The van der Waals surface area contributed by atoms with Crippen molar-refractivity contribution in [2.24, 2.45) is 0 Å². The number of thioether (sulfide) groups is 1. The van der Waals surface area contributed by atoms with Crippen molar-refractivity contribution in [3.05, 3.63) is 50.9 Å². The first-order valence-corrected chi connectivity index (χ1v) is 7.29.